The van der Waals surface area contributed by atoms with E-state index in [1.54, 1.807) is 19.1 Å². The maximum Gasteiger partial charge on any atom is 0.338 e. The molecule has 7 nitrogen and oxygen atoms in total. The Balaban J connectivity index is 1.83. The number of hydrogen-bond donors (Lipinski definition) is 1. The number of hydrogen-bond acceptors (Lipinski definition) is 6. The number of rotatable bonds is 3. The van der Waals surface area contributed by atoms with E-state index < -0.39 is 0 Å². The number of nitrogen functional groups attached to an aromatic ring is 1. The Labute approximate surface area is 157 Å². The number of nitrogens with zero attached hydrogens (tertiary/aromatic N) is 4. The lowest BCUT2D eigenvalue weighted by atomic mass is 9.94. The van der Waals surface area contributed by atoms with Gasteiger partial charge < -0.3 is 15.0 Å². The van der Waals surface area contributed by atoms with E-state index in [1.807, 2.05) is 24.5 Å². The number of ether oxygens (including phenoxy) is 1. The molecule has 3 aromatic rings. The third kappa shape index (κ3) is 2.93. The molecular weight excluding hydrogens is 342 g/mol. The van der Waals surface area contributed by atoms with E-state index in [0.717, 1.165) is 47.6 Å². The average Bonchev–Trinajstić information content (AvgIpc) is 2.97. The molecule has 0 bridgehead atoms. The lowest BCUT2D eigenvalue weighted by Crippen LogP contribution is -2.22. The summed E-state index contributed by atoms with van der Waals surface area (Å²) < 4.78 is 7.10. The van der Waals surface area contributed by atoms with Crippen molar-refractivity contribution in [3.63, 3.8) is 0 Å². The largest absolute Gasteiger partial charge is 0.462 e. The lowest BCUT2D eigenvalue weighted by molar-refractivity contribution is 0.0526. The molecule has 0 fully saturated rings. The quantitative estimate of drug-likeness (QED) is 0.717. The Morgan fingerprint density at radius 1 is 1.26 bits per heavy atom. The van der Waals surface area contributed by atoms with Crippen molar-refractivity contribution in [3.05, 3.63) is 46.5 Å². The minimum absolute atomic E-state index is 0.000932. The minimum atomic E-state index is -0.354. The number of imidazole rings is 1. The summed E-state index contributed by atoms with van der Waals surface area (Å²) in [5.74, 6) is 0.0661. The van der Waals surface area contributed by atoms with Crippen LogP contribution in [0.4, 0.5) is 5.95 Å². The number of anilines is 1. The fourth-order valence-corrected chi connectivity index (χ4v) is 3.75. The number of esters is 1. The molecule has 1 unspecified atom stereocenters. The van der Waals surface area contributed by atoms with E-state index in [9.17, 15) is 4.79 Å². The third-order valence-corrected chi connectivity index (χ3v) is 5.16. The number of aryl methyl sites for hydroxylation is 3. The fraction of sp³-hybridized carbons (Fsp3) is 0.400. The lowest BCUT2D eigenvalue weighted by Gasteiger charge is -2.27. The first-order valence-electron chi connectivity index (χ1n) is 9.28. The maximum atomic E-state index is 12.0. The second-order valence-corrected chi connectivity index (χ2v) is 6.90. The van der Waals surface area contributed by atoms with Crippen LogP contribution in [0.5, 0.6) is 0 Å². The van der Waals surface area contributed by atoms with E-state index in [-0.39, 0.29) is 12.0 Å². The topological polar surface area (TPSA) is 95.9 Å². The first kappa shape index (κ1) is 17.5. The van der Waals surface area contributed by atoms with E-state index in [1.165, 1.54) is 0 Å². The molecule has 140 valence electrons. The summed E-state index contributed by atoms with van der Waals surface area (Å²) in [6, 6.07) is 5.37. The van der Waals surface area contributed by atoms with Crippen LogP contribution in [-0.4, -0.2) is 32.1 Å². The second-order valence-electron chi connectivity index (χ2n) is 6.90. The van der Waals surface area contributed by atoms with Crippen LogP contribution >= 0.6 is 0 Å². The molecule has 1 atom stereocenters. The van der Waals surface area contributed by atoms with Gasteiger partial charge in [0, 0.05) is 0 Å². The molecule has 2 heterocycles. The Kier molecular flexibility index (Phi) is 4.30. The van der Waals surface area contributed by atoms with E-state index in [0.29, 0.717) is 23.6 Å². The van der Waals surface area contributed by atoms with Gasteiger partial charge in [0.15, 0.2) is 0 Å². The average molecular weight is 365 g/mol. The van der Waals surface area contributed by atoms with Crippen molar-refractivity contribution in [2.24, 2.45) is 0 Å². The van der Waals surface area contributed by atoms with Crippen molar-refractivity contribution in [1.29, 1.82) is 0 Å². The van der Waals surface area contributed by atoms with Crippen LogP contribution in [-0.2, 0) is 11.2 Å². The fourth-order valence-electron chi connectivity index (χ4n) is 3.75. The molecule has 0 amide bonds. The molecule has 2 N–H and O–H groups in total. The van der Waals surface area contributed by atoms with Crippen LogP contribution in [0, 0.1) is 13.8 Å². The number of aromatic nitrogens is 4. The van der Waals surface area contributed by atoms with Gasteiger partial charge in [0.2, 0.25) is 5.95 Å². The number of fused-ring (bicyclic) bond motifs is 2. The number of nitrogens with two attached hydrogens (primary N) is 1. The highest BCUT2D eigenvalue weighted by Gasteiger charge is 2.28. The molecule has 1 aromatic carbocycles. The third-order valence-electron chi connectivity index (χ3n) is 5.16. The maximum absolute atomic E-state index is 12.0. The molecule has 27 heavy (non-hydrogen) atoms. The van der Waals surface area contributed by atoms with Crippen molar-refractivity contribution >= 4 is 23.0 Å². The first-order chi connectivity index (χ1) is 13.0. The van der Waals surface area contributed by atoms with Gasteiger partial charge in [0.25, 0.3) is 0 Å². The van der Waals surface area contributed by atoms with Crippen molar-refractivity contribution in [2.75, 3.05) is 12.3 Å². The van der Waals surface area contributed by atoms with Gasteiger partial charge in [-0.05, 0) is 58.2 Å². The van der Waals surface area contributed by atoms with Gasteiger partial charge in [-0.25, -0.2) is 9.78 Å². The van der Waals surface area contributed by atoms with Gasteiger partial charge >= 0.3 is 5.97 Å². The Morgan fingerprint density at radius 3 is 2.81 bits per heavy atom. The van der Waals surface area contributed by atoms with Crippen molar-refractivity contribution in [1.82, 2.24) is 19.5 Å². The SMILES string of the molecule is CCOC(=O)c1ccc2c(c1)nc(N)n2C1CCCc2nc(C)c(C)nc21. The van der Waals surface area contributed by atoms with Crippen molar-refractivity contribution in [3.8, 4) is 0 Å². The van der Waals surface area contributed by atoms with Gasteiger partial charge in [0.1, 0.15) is 0 Å². The molecule has 1 aliphatic carbocycles. The molecule has 0 aliphatic heterocycles. The molecule has 0 radical (unpaired) electrons. The summed E-state index contributed by atoms with van der Waals surface area (Å²) in [6.45, 7) is 6.09. The normalized spacial score (nSPS) is 16.3. The Morgan fingerprint density at radius 2 is 2.04 bits per heavy atom. The molecule has 0 saturated carbocycles. The van der Waals surface area contributed by atoms with Gasteiger partial charge in [0.05, 0.1) is 52.0 Å². The van der Waals surface area contributed by atoms with Crippen LogP contribution in [0.2, 0.25) is 0 Å². The molecule has 4 rings (SSSR count). The highest BCUT2D eigenvalue weighted by Crippen LogP contribution is 2.35. The second kappa shape index (κ2) is 6.64. The summed E-state index contributed by atoms with van der Waals surface area (Å²) >= 11 is 0. The zero-order valence-electron chi connectivity index (χ0n) is 15.8. The van der Waals surface area contributed by atoms with E-state index in [4.69, 9.17) is 20.4 Å². The number of carbonyl (C=O) groups excluding carboxylic acids is 1. The first-order valence-corrected chi connectivity index (χ1v) is 9.28. The summed E-state index contributed by atoms with van der Waals surface area (Å²) in [5, 5.41) is 0. The van der Waals surface area contributed by atoms with Crippen LogP contribution in [0.25, 0.3) is 11.0 Å². The predicted octanol–water partition coefficient (Wildman–Crippen LogP) is 3.13. The highest BCUT2D eigenvalue weighted by molar-refractivity contribution is 5.94. The van der Waals surface area contributed by atoms with Gasteiger partial charge in [-0.2, -0.15) is 0 Å². The van der Waals surface area contributed by atoms with Gasteiger partial charge in [-0.15, -0.1) is 0 Å². The molecule has 1 aliphatic rings. The molecule has 0 saturated heterocycles. The van der Waals surface area contributed by atoms with Crippen molar-refractivity contribution < 1.29 is 9.53 Å². The zero-order chi connectivity index (χ0) is 19.1. The summed E-state index contributed by atoms with van der Waals surface area (Å²) in [6.07, 6.45) is 2.88. The van der Waals surface area contributed by atoms with Crippen LogP contribution in [0.1, 0.15) is 58.9 Å². The summed E-state index contributed by atoms with van der Waals surface area (Å²) in [4.78, 5) is 26.1. The van der Waals surface area contributed by atoms with Crippen LogP contribution < -0.4 is 5.73 Å². The van der Waals surface area contributed by atoms with Crippen LogP contribution in [0.3, 0.4) is 0 Å². The van der Waals surface area contributed by atoms with Gasteiger partial charge in [-0.3, -0.25) is 9.97 Å². The van der Waals surface area contributed by atoms with E-state index in [2.05, 4.69) is 4.98 Å². The standard InChI is InChI=1S/C20H23N5O2/c1-4-27-19(26)13-8-9-16-15(10-13)24-20(21)25(16)17-7-5-6-14-18(17)23-12(3)11(2)22-14/h8-10,17H,4-7H2,1-3H3,(H2,21,24). The monoisotopic (exact) mass is 365 g/mol. The summed E-state index contributed by atoms with van der Waals surface area (Å²) in [7, 11) is 0. The zero-order valence-corrected chi connectivity index (χ0v) is 15.8. The number of carbonyl (C=O) groups is 1. The minimum Gasteiger partial charge on any atom is -0.462 e. The smallest absolute Gasteiger partial charge is 0.338 e. The molecular formula is C20H23N5O2. The molecule has 0 spiro atoms. The van der Waals surface area contributed by atoms with Crippen molar-refractivity contribution in [2.45, 2.75) is 46.1 Å². The molecule has 7 heteroatoms. The highest BCUT2D eigenvalue weighted by atomic mass is 16.5. The Bertz CT molecular complexity index is 1040. The number of benzene rings is 1. The van der Waals surface area contributed by atoms with Crippen LogP contribution in [0.15, 0.2) is 18.2 Å². The predicted molar refractivity (Wildman–Crippen MR) is 103 cm³/mol. The van der Waals surface area contributed by atoms with E-state index >= 15 is 0 Å². The molecule has 2 aromatic heterocycles. The Hall–Kier alpha value is -2.96. The van der Waals surface area contributed by atoms with Gasteiger partial charge in [-0.1, -0.05) is 0 Å². The summed E-state index contributed by atoms with van der Waals surface area (Å²) in [5.41, 5.74) is 12.3.